The molecule has 57 heavy (non-hydrogen) atoms. The number of hydrogen-bond donors (Lipinski definition) is 7. The molecule has 0 aromatic heterocycles. The summed E-state index contributed by atoms with van der Waals surface area (Å²) in [6.07, 6.45) is 3.97. The van der Waals surface area contributed by atoms with Gasteiger partial charge in [0, 0.05) is 32.5 Å². The number of aliphatic hydroxyl groups is 1. The second-order valence-electron chi connectivity index (χ2n) is 15.2. The van der Waals surface area contributed by atoms with Crippen molar-refractivity contribution < 1.29 is 44.4 Å². The number of carbonyl (C=O) groups is 5. The number of aliphatic carboxylic acids is 1. The van der Waals surface area contributed by atoms with E-state index in [1.165, 1.54) is 41.1 Å². The number of halogens is 2. The van der Waals surface area contributed by atoms with Crippen LogP contribution in [0.15, 0.2) is 48.5 Å². The number of carboxylic acids is 1. The Morgan fingerprint density at radius 3 is 1.89 bits per heavy atom. The average Bonchev–Trinajstić information content (AvgIpc) is 3.67. The number of benzene rings is 2. The normalized spacial score (nSPS) is 16.8. The number of phenols is 2. The zero-order valence-corrected chi connectivity index (χ0v) is 34.7. The average molecular weight is 837 g/mol. The van der Waals surface area contributed by atoms with E-state index in [-0.39, 0.29) is 43.2 Å². The van der Waals surface area contributed by atoms with E-state index in [0.717, 1.165) is 25.7 Å². The summed E-state index contributed by atoms with van der Waals surface area (Å²) in [4.78, 5) is 70.4. The van der Waals surface area contributed by atoms with Gasteiger partial charge in [0.2, 0.25) is 17.7 Å². The van der Waals surface area contributed by atoms with Gasteiger partial charge in [0.1, 0.15) is 46.6 Å². The molecule has 0 bridgehead atoms. The number of likely N-dealkylation sites (tertiary alicyclic amines) is 1. The highest BCUT2D eigenvalue weighted by Gasteiger charge is 2.42. The van der Waals surface area contributed by atoms with Gasteiger partial charge in [-0.1, -0.05) is 63.8 Å². The van der Waals surface area contributed by atoms with Gasteiger partial charge in [-0.05, 0) is 80.5 Å². The summed E-state index contributed by atoms with van der Waals surface area (Å²) in [6.45, 7) is 4.00. The van der Waals surface area contributed by atoms with E-state index in [1.807, 2.05) is 13.8 Å². The Bertz CT molecular complexity index is 1610. The Morgan fingerprint density at radius 1 is 0.842 bits per heavy atom. The molecule has 0 spiro atoms. The van der Waals surface area contributed by atoms with Crippen LogP contribution in [0.5, 0.6) is 11.5 Å². The van der Waals surface area contributed by atoms with Crippen molar-refractivity contribution in [2.24, 2.45) is 5.92 Å². The fourth-order valence-electron chi connectivity index (χ4n) is 7.08. The van der Waals surface area contributed by atoms with Crippen molar-refractivity contribution in [3.8, 4) is 11.5 Å². The van der Waals surface area contributed by atoms with Crippen LogP contribution >= 0.6 is 23.2 Å². The topological polar surface area (TPSA) is 209 Å². The van der Waals surface area contributed by atoms with Crippen molar-refractivity contribution in [3.63, 3.8) is 0 Å². The van der Waals surface area contributed by atoms with Crippen LogP contribution in [0.1, 0.15) is 82.8 Å². The zero-order valence-electron chi connectivity index (χ0n) is 33.2. The first-order chi connectivity index (χ1) is 27.0. The first-order valence-electron chi connectivity index (χ1n) is 19.6. The van der Waals surface area contributed by atoms with Gasteiger partial charge < -0.3 is 46.2 Å². The number of unbranched alkanes of at least 4 members (excludes halogenated alkanes) is 3. The van der Waals surface area contributed by atoms with Gasteiger partial charge in [-0.3, -0.25) is 19.2 Å². The maximum atomic E-state index is 14.4. The Kier molecular flexibility index (Phi) is 19.3. The van der Waals surface area contributed by atoms with Crippen molar-refractivity contribution in [1.29, 1.82) is 0 Å². The van der Waals surface area contributed by atoms with Gasteiger partial charge in [0.25, 0.3) is 5.91 Å². The first kappa shape index (κ1) is 47.3. The second kappa shape index (κ2) is 23.3. The molecule has 16 heteroatoms. The first-order valence-corrected chi connectivity index (χ1v) is 20.5. The molecule has 6 atom stereocenters. The smallest absolute Gasteiger partial charge is 0.326 e. The SMILES string of the molecule is CN[C@H](CCCCCCC(Cl)Cl)[C@@H](O)C(=O)N[C@@H](Cc1ccc(O)cc1)C(=O)N(C)[C@@H](CC(C)C)C(=O)N1CCC[C@H]1C(=O)NC(Cc1ccc(O)cc1)C(=O)O. The lowest BCUT2D eigenvalue weighted by Crippen LogP contribution is -2.59. The largest absolute Gasteiger partial charge is 0.508 e. The number of amides is 4. The number of hydrogen-bond acceptors (Lipinski definition) is 9. The summed E-state index contributed by atoms with van der Waals surface area (Å²) in [7, 11) is 3.11. The zero-order chi connectivity index (χ0) is 42.2. The van der Waals surface area contributed by atoms with Crippen LogP contribution in [-0.2, 0) is 36.8 Å². The molecule has 1 aliphatic rings. The summed E-state index contributed by atoms with van der Waals surface area (Å²) >= 11 is 11.6. The molecule has 2 aromatic rings. The van der Waals surface area contributed by atoms with Gasteiger partial charge in [0.15, 0.2) is 0 Å². The Hall–Kier alpha value is -4.11. The number of phenolic OH excluding ortho intramolecular Hbond substituents is 2. The van der Waals surface area contributed by atoms with Crippen LogP contribution in [0.4, 0.5) is 0 Å². The van der Waals surface area contributed by atoms with Crippen molar-refractivity contribution >= 4 is 52.8 Å². The predicted molar refractivity (Wildman–Crippen MR) is 218 cm³/mol. The Morgan fingerprint density at radius 2 is 1.39 bits per heavy atom. The summed E-state index contributed by atoms with van der Waals surface area (Å²) in [5.41, 5.74) is 1.19. The number of nitrogens with zero attached hydrogens (tertiary/aromatic N) is 2. The van der Waals surface area contributed by atoms with Crippen LogP contribution in [-0.4, -0.2) is 122 Å². The maximum absolute atomic E-state index is 14.4. The molecule has 14 nitrogen and oxygen atoms in total. The molecule has 316 valence electrons. The molecule has 4 amide bonds. The molecular weight excluding hydrogens is 777 g/mol. The molecule has 1 unspecified atom stereocenters. The highest BCUT2D eigenvalue weighted by atomic mass is 35.5. The summed E-state index contributed by atoms with van der Waals surface area (Å²) in [6, 6.07) is 6.99. The predicted octanol–water partition coefficient (Wildman–Crippen LogP) is 3.89. The third-order valence-electron chi connectivity index (χ3n) is 10.3. The number of aliphatic hydroxyl groups excluding tert-OH is 1. The van der Waals surface area contributed by atoms with Crippen molar-refractivity contribution in [1.82, 2.24) is 25.8 Å². The molecule has 0 aliphatic carbocycles. The maximum Gasteiger partial charge on any atom is 0.326 e. The molecule has 3 rings (SSSR count). The van der Waals surface area contributed by atoms with Crippen molar-refractivity contribution in [2.75, 3.05) is 20.6 Å². The van der Waals surface area contributed by atoms with Gasteiger partial charge in [0.05, 0.1) is 0 Å². The Balaban J connectivity index is 1.80. The molecule has 1 fully saturated rings. The fraction of sp³-hybridized carbons (Fsp3) is 0.585. The lowest BCUT2D eigenvalue weighted by molar-refractivity contribution is -0.150. The van der Waals surface area contributed by atoms with Gasteiger partial charge in [-0.15, -0.1) is 23.2 Å². The molecule has 0 radical (unpaired) electrons. The standard InChI is InChI=1S/C41H59Cl2N5O9/c1-25(2)22-34(40(55)48-21-9-11-33(48)37(52)46-32(41(56)57)24-27-15-19-29(50)20-16-27)47(4)39(54)31(23-26-13-17-28(49)18-14-26)45-38(53)36(51)30(44-3)10-7-5-6-8-12-35(42)43/h13-20,25,30-36,44,49-51H,5-12,21-24H2,1-4H3,(H,45,53)(H,46,52)(H,56,57)/t30-,31+,32?,33+,34+,36-/m1/s1. The summed E-state index contributed by atoms with van der Waals surface area (Å²) < 4.78 is 0. The number of nitrogens with one attached hydrogen (secondary N) is 3. The number of rotatable bonds is 23. The van der Waals surface area contributed by atoms with Crippen LogP contribution in [0.2, 0.25) is 0 Å². The van der Waals surface area contributed by atoms with Crippen LogP contribution in [0.25, 0.3) is 0 Å². The van der Waals surface area contributed by atoms with Crippen LogP contribution < -0.4 is 16.0 Å². The molecular formula is C41H59Cl2N5O9. The van der Waals surface area contributed by atoms with E-state index in [9.17, 15) is 44.4 Å². The van der Waals surface area contributed by atoms with Gasteiger partial charge in [-0.25, -0.2) is 4.79 Å². The van der Waals surface area contributed by atoms with E-state index >= 15 is 0 Å². The van der Waals surface area contributed by atoms with Crippen molar-refractivity contribution in [3.05, 3.63) is 59.7 Å². The van der Waals surface area contributed by atoms with Gasteiger partial charge >= 0.3 is 5.97 Å². The van der Waals surface area contributed by atoms with Crippen molar-refractivity contribution in [2.45, 2.75) is 126 Å². The van der Waals surface area contributed by atoms with E-state index in [1.54, 1.807) is 31.3 Å². The number of carboxylic acid groups (broad SMARTS) is 1. The highest BCUT2D eigenvalue weighted by molar-refractivity contribution is 6.44. The minimum Gasteiger partial charge on any atom is -0.508 e. The fourth-order valence-corrected chi connectivity index (χ4v) is 7.39. The quantitative estimate of drug-likeness (QED) is 0.0635. The van der Waals surface area contributed by atoms with E-state index in [0.29, 0.717) is 36.8 Å². The van der Waals surface area contributed by atoms with E-state index in [2.05, 4.69) is 16.0 Å². The molecule has 1 aliphatic heterocycles. The minimum absolute atomic E-state index is 0.0107. The number of alkyl halides is 2. The molecule has 7 N–H and O–H groups in total. The lowest BCUT2D eigenvalue weighted by Gasteiger charge is -2.36. The third-order valence-corrected chi connectivity index (χ3v) is 10.8. The van der Waals surface area contributed by atoms with Crippen LogP contribution in [0, 0.1) is 5.92 Å². The van der Waals surface area contributed by atoms with Gasteiger partial charge in [-0.2, -0.15) is 0 Å². The number of carbonyl (C=O) groups excluding carboxylic acids is 4. The Labute approximate surface area is 345 Å². The van der Waals surface area contributed by atoms with E-state index in [4.69, 9.17) is 23.2 Å². The summed E-state index contributed by atoms with van der Waals surface area (Å²) in [5, 5.41) is 48.8. The highest BCUT2D eigenvalue weighted by Crippen LogP contribution is 2.24. The summed E-state index contributed by atoms with van der Waals surface area (Å²) in [5.74, 6) is -3.77. The minimum atomic E-state index is -1.49. The molecule has 1 heterocycles. The molecule has 0 saturated carbocycles. The third kappa shape index (κ3) is 15.0. The van der Waals surface area contributed by atoms with E-state index < -0.39 is 70.7 Å². The number of likely N-dealkylation sites (N-methyl/N-ethyl adjacent to an activating group) is 2. The monoisotopic (exact) mass is 835 g/mol. The molecule has 1 saturated heterocycles. The lowest BCUT2D eigenvalue weighted by atomic mass is 9.98. The second-order valence-corrected chi connectivity index (χ2v) is 16.5. The molecule has 2 aromatic carbocycles. The number of aromatic hydroxyl groups is 2. The van der Waals surface area contributed by atoms with Crippen LogP contribution in [0.3, 0.4) is 0 Å².